The second kappa shape index (κ2) is 3.67. The molecular weight excluding hydrogens is 182 g/mol. The van der Waals surface area contributed by atoms with Crippen molar-refractivity contribution in [3.8, 4) is 0 Å². The van der Waals surface area contributed by atoms with Crippen molar-refractivity contribution in [1.29, 1.82) is 0 Å². The molecule has 2 rings (SSSR count). The summed E-state index contributed by atoms with van der Waals surface area (Å²) in [6, 6.07) is 9.42. The van der Waals surface area contributed by atoms with Crippen LogP contribution in [0.2, 0.25) is 0 Å². The summed E-state index contributed by atoms with van der Waals surface area (Å²) in [5.41, 5.74) is 0.886. The lowest BCUT2D eigenvalue weighted by atomic mass is 10.3. The quantitative estimate of drug-likeness (QED) is 0.759. The van der Waals surface area contributed by atoms with E-state index in [2.05, 4.69) is 0 Å². The number of aliphatic carboxylic acids is 1. The lowest BCUT2D eigenvalue weighted by molar-refractivity contribution is -0.147. The van der Waals surface area contributed by atoms with Gasteiger partial charge in [0.2, 0.25) is 6.23 Å². The van der Waals surface area contributed by atoms with Crippen LogP contribution in [-0.2, 0) is 9.53 Å². The van der Waals surface area contributed by atoms with Crippen LogP contribution in [0.1, 0.15) is 0 Å². The van der Waals surface area contributed by atoms with Crippen LogP contribution < -0.4 is 4.90 Å². The second-order valence-electron chi connectivity index (χ2n) is 3.09. The van der Waals surface area contributed by atoms with Crippen LogP contribution in [0.25, 0.3) is 0 Å². The number of rotatable bonds is 2. The van der Waals surface area contributed by atoms with Gasteiger partial charge < -0.3 is 14.7 Å². The molecule has 1 atom stereocenters. The molecule has 1 aromatic rings. The van der Waals surface area contributed by atoms with Gasteiger partial charge >= 0.3 is 5.97 Å². The van der Waals surface area contributed by atoms with Crippen LogP contribution in [0.3, 0.4) is 0 Å². The number of ether oxygens (including phenoxy) is 1. The number of para-hydroxylation sites is 1. The van der Waals surface area contributed by atoms with Crippen molar-refractivity contribution < 1.29 is 14.6 Å². The summed E-state index contributed by atoms with van der Waals surface area (Å²) in [5.74, 6) is -0.939. The predicted octanol–water partition coefficient (Wildman–Crippen LogP) is 0.934. The summed E-state index contributed by atoms with van der Waals surface area (Å²) >= 11 is 0. The molecule has 0 aliphatic carbocycles. The molecule has 14 heavy (non-hydrogen) atoms. The maximum absolute atomic E-state index is 10.8. The van der Waals surface area contributed by atoms with Gasteiger partial charge in [0.1, 0.15) is 0 Å². The minimum absolute atomic E-state index is 0.464. The zero-order chi connectivity index (χ0) is 9.97. The van der Waals surface area contributed by atoms with Gasteiger partial charge in [-0.1, -0.05) is 18.2 Å². The third kappa shape index (κ3) is 1.56. The van der Waals surface area contributed by atoms with E-state index >= 15 is 0 Å². The van der Waals surface area contributed by atoms with Gasteiger partial charge in [-0.15, -0.1) is 0 Å². The van der Waals surface area contributed by atoms with Gasteiger partial charge in [0.25, 0.3) is 0 Å². The molecule has 0 aromatic heterocycles. The topological polar surface area (TPSA) is 49.8 Å². The third-order valence-corrected chi connectivity index (χ3v) is 2.19. The van der Waals surface area contributed by atoms with E-state index in [-0.39, 0.29) is 0 Å². The molecule has 0 saturated carbocycles. The van der Waals surface area contributed by atoms with E-state index in [0.29, 0.717) is 13.2 Å². The molecule has 74 valence electrons. The average molecular weight is 193 g/mol. The van der Waals surface area contributed by atoms with Crippen molar-refractivity contribution in [3.63, 3.8) is 0 Å². The Morgan fingerprint density at radius 2 is 2.14 bits per heavy atom. The SMILES string of the molecule is O=C(O)[C@@H]1OCCN1c1ccccc1. The molecule has 0 bridgehead atoms. The molecule has 1 aliphatic rings. The van der Waals surface area contributed by atoms with Crippen molar-refractivity contribution in [2.24, 2.45) is 0 Å². The fraction of sp³-hybridized carbons (Fsp3) is 0.300. The van der Waals surface area contributed by atoms with E-state index in [1.807, 2.05) is 30.3 Å². The number of nitrogens with zero attached hydrogens (tertiary/aromatic N) is 1. The molecule has 1 heterocycles. The highest BCUT2D eigenvalue weighted by Crippen LogP contribution is 2.20. The Kier molecular flexibility index (Phi) is 2.37. The van der Waals surface area contributed by atoms with E-state index in [1.165, 1.54) is 0 Å². The van der Waals surface area contributed by atoms with Gasteiger partial charge in [-0.3, -0.25) is 0 Å². The molecular formula is C10H11NO3. The fourth-order valence-corrected chi connectivity index (χ4v) is 1.56. The van der Waals surface area contributed by atoms with Crippen molar-refractivity contribution in [3.05, 3.63) is 30.3 Å². The first-order valence-electron chi connectivity index (χ1n) is 4.45. The number of carboxylic acid groups (broad SMARTS) is 1. The Balaban J connectivity index is 2.22. The monoisotopic (exact) mass is 193 g/mol. The molecule has 0 amide bonds. The molecule has 1 saturated heterocycles. The smallest absolute Gasteiger partial charge is 0.354 e. The van der Waals surface area contributed by atoms with E-state index in [1.54, 1.807) is 4.90 Å². The lowest BCUT2D eigenvalue weighted by Gasteiger charge is -2.21. The Hall–Kier alpha value is -1.55. The predicted molar refractivity (Wildman–Crippen MR) is 51.2 cm³/mol. The molecule has 1 aromatic carbocycles. The summed E-state index contributed by atoms with van der Waals surface area (Å²) in [6.07, 6.45) is -0.836. The van der Waals surface area contributed by atoms with Gasteiger partial charge in [0.05, 0.1) is 6.61 Å². The Labute approximate surface area is 81.7 Å². The van der Waals surface area contributed by atoms with Crippen molar-refractivity contribution in [2.45, 2.75) is 6.23 Å². The molecule has 1 fully saturated rings. The third-order valence-electron chi connectivity index (χ3n) is 2.19. The van der Waals surface area contributed by atoms with Gasteiger partial charge in [0.15, 0.2) is 0 Å². The summed E-state index contributed by atoms with van der Waals surface area (Å²) in [7, 11) is 0. The zero-order valence-corrected chi connectivity index (χ0v) is 7.59. The molecule has 1 N–H and O–H groups in total. The molecule has 4 nitrogen and oxygen atoms in total. The van der Waals surface area contributed by atoms with E-state index in [0.717, 1.165) is 5.69 Å². The molecule has 0 unspecified atom stereocenters. The number of hydrogen-bond acceptors (Lipinski definition) is 3. The number of anilines is 1. The van der Waals surface area contributed by atoms with Crippen LogP contribution >= 0.6 is 0 Å². The maximum Gasteiger partial charge on any atom is 0.354 e. The van der Waals surface area contributed by atoms with Crippen LogP contribution in [0.15, 0.2) is 30.3 Å². The average Bonchev–Trinajstić information content (AvgIpc) is 2.67. The van der Waals surface area contributed by atoms with Gasteiger partial charge in [-0.25, -0.2) is 4.79 Å². The number of hydrogen-bond donors (Lipinski definition) is 1. The first-order valence-corrected chi connectivity index (χ1v) is 4.45. The first-order chi connectivity index (χ1) is 6.79. The minimum atomic E-state index is -0.939. The van der Waals surface area contributed by atoms with Crippen molar-refractivity contribution >= 4 is 11.7 Å². The summed E-state index contributed by atoms with van der Waals surface area (Å²) in [6.45, 7) is 1.09. The van der Waals surface area contributed by atoms with E-state index in [9.17, 15) is 4.79 Å². The number of carboxylic acids is 1. The Bertz CT molecular complexity index is 325. The highest BCUT2D eigenvalue weighted by Gasteiger charge is 2.31. The van der Waals surface area contributed by atoms with Crippen molar-refractivity contribution in [2.75, 3.05) is 18.1 Å². The first kappa shape index (κ1) is 9.02. The highest BCUT2D eigenvalue weighted by atomic mass is 16.5. The highest BCUT2D eigenvalue weighted by molar-refractivity contribution is 5.77. The van der Waals surface area contributed by atoms with Crippen LogP contribution in [0, 0.1) is 0 Å². The second-order valence-corrected chi connectivity index (χ2v) is 3.09. The fourth-order valence-electron chi connectivity index (χ4n) is 1.56. The van der Waals surface area contributed by atoms with Crippen molar-refractivity contribution in [1.82, 2.24) is 0 Å². The van der Waals surface area contributed by atoms with Crippen LogP contribution in [-0.4, -0.2) is 30.5 Å². The molecule has 0 radical (unpaired) electrons. The van der Waals surface area contributed by atoms with Crippen LogP contribution in [0.5, 0.6) is 0 Å². The summed E-state index contributed by atoms with van der Waals surface area (Å²) < 4.78 is 5.11. The lowest BCUT2D eigenvalue weighted by Crippen LogP contribution is -2.36. The normalized spacial score (nSPS) is 21.1. The summed E-state index contributed by atoms with van der Waals surface area (Å²) in [5, 5.41) is 8.88. The molecule has 0 spiro atoms. The van der Waals surface area contributed by atoms with E-state index in [4.69, 9.17) is 9.84 Å². The number of carbonyl (C=O) groups is 1. The molecule has 1 aliphatic heterocycles. The Morgan fingerprint density at radius 3 is 2.79 bits per heavy atom. The molecule has 4 heteroatoms. The zero-order valence-electron chi connectivity index (χ0n) is 7.59. The largest absolute Gasteiger partial charge is 0.478 e. The van der Waals surface area contributed by atoms with Gasteiger partial charge in [-0.05, 0) is 12.1 Å². The van der Waals surface area contributed by atoms with Gasteiger partial charge in [0, 0.05) is 12.2 Å². The standard InChI is InChI=1S/C10H11NO3/c12-10(13)9-11(6-7-14-9)8-4-2-1-3-5-8/h1-5,9H,6-7H2,(H,12,13)/t9-/m0/s1. The van der Waals surface area contributed by atoms with E-state index < -0.39 is 12.2 Å². The van der Waals surface area contributed by atoms with Gasteiger partial charge in [-0.2, -0.15) is 0 Å². The summed E-state index contributed by atoms with van der Waals surface area (Å²) in [4.78, 5) is 12.6. The maximum atomic E-state index is 10.8. The minimum Gasteiger partial charge on any atom is -0.478 e. The number of benzene rings is 1. The van der Waals surface area contributed by atoms with Crippen LogP contribution in [0.4, 0.5) is 5.69 Å². The Morgan fingerprint density at radius 1 is 1.43 bits per heavy atom.